The first kappa shape index (κ1) is 15.2. The molecule has 0 saturated heterocycles. The number of nitro benzene ring substituents is 1. The molecular weight excluding hydrogens is 276 g/mol. The van der Waals surface area contributed by atoms with Crippen LogP contribution in [-0.2, 0) is 4.74 Å². The Hall–Kier alpha value is -2.15. The Morgan fingerprint density at radius 3 is 2.76 bits per heavy atom. The number of hydrogen-bond acceptors (Lipinski definition) is 5. The zero-order valence-electron chi connectivity index (χ0n) is 11.7. The molecule has 1 fully saturated rings. The van der Waals surface area contributed by atoms with E-state index < -0.39 is 16.4 Å². The molecule has 2 N–H and O–H groups in total. The summed E-state index contributed by atoms with van der Waals surface area (Å²) in [5.74, 6) is -0.881. The first-order chi connectivity index (χ1) is 10.0. The Labute approximate surface area is 122 Å². The van der Waals surface area contributed by atoms with E-state index in [1.54, 1.807) is 7.11 Å². The highest BCUT2D eigenvalue weighted by Gasteiger charge is 2.27. The highest BCUT2D eigenvalue weighted by Crippen LogP contribution is 2.27. The maximum atomic E-state index is 12.2. The van der Waals surface area contributed by atoms with Gasteiger partial charge in [0.05, 0.1) is 17.1 Å². The lowest BCUT2D eigenvalue weighted by atomic mass is 9.92. The van der Waals surface area contributed by atoms with Gasteiger partial charge < -0.3 is 15.2 Å². The third kappa shape index (κ3) is 3.49. The third-order valence-corrected chi connectivity index (χ3v) is 3.76. The average Bonchev–Trinajstić information content (AvgIpc) is 2.47. The molecule has 21 heavy (non-hydrogen) atoms. The van der Waals surface area contributed by atoms with Gasteiger partial charge >= 0.3 is 5.69 Å². The summed E-state index contributed by atoms with van der Waals surface area (Å²) in [6.45, 7) is 0. The first-order valence-electron chi connectivity index (χ1n) is 6.84. The summed E-state index contributed by atoms with van der Waals surface area (Å²) in [6, 6.07) is 3.49. The normalized spacial score (nSPS) is 21.8. The number of phenols is 1. The lowest BCUT2D eigenvalue weighted by Crippen LogP contribution is -2.45. The number of carbonyl (C=O) groups excluding carboxylic acids is 1. The number of rotatable bonds is 4. The fourth-order valence-electron chi connectivity index (χ4n) is 2.61. The maximum absolute atomic E-state index is 12.2. The number of amides is 1. The number of benzene rings is 1. The van der Waals surface area contributed by atoms with Gasteiger partial charge in [0.25, 0.3) is 5.91 Å². The van der Waals surface area contributed by atoms with Crippen LogP contribution in [0.5, 0.6) is 5.75 Å². The molecule has 1 aromatic rings. The molecule has 1 aromatic carbocycles. The molecule has 0 unspecified atom stereocenters. The van der Waals surface area contributed by atoms with Crippen LogP contribution in [0.2, 0.25) is 0 Å². The molecule has 0 heterocycles. The number of nitrogens with zero attached hydrogens (tertiary/aromatic N) is 1. The summed E-state index contributed by atoms with van der Waals surface area (Å²) in [4.78, 5) is 22.1. The van der Waals surface area contributed by atoms with E-state index in [0.29, 0.717) is 0 Å². The molecule has 0 aromatic heterocycles. The Bertz CT molecular complexity index is 546. The molecule has 7 heteroatoms. The molecule has 1 saturated carbocycles. The third-order valence-electron chi connectivity index (χ3n) is 3.76. The van der Waals surface area contributed by atoms with E-state index in [-0.39, 0.29) is 23.6 Å². The Morgan fingerprint density at radius 2 is 2.14 bits per heavy atom. The Kier molecular flexibility index (Phi) is 4.74. The van der Waals surface area contributed by atoms with Crippen molar-refractivity contribution in [3.05, 3.63) is 33.9 Å². The standard InChI is InChI=1S/C14H18N2O5/c1-21-13-5-3-2-4-10(13)15-14(18)9-6-7-11(16(19)20)12(17)8-9/h6-8,10,13,17H,2-5H2,1H3,(H,15,18)/t10-,13+/m1/s1. The highest BCUT2D eigenvalue weighted by atomic mass is 16.6. The Balaban J connectivity index is 2.09. The summed E-state index contributed by atoms with van der Waals surface area (Å²) >= 11 is 0. The SMILES string of the molecule is CO[C@H]1CCCC[C@H]1NC(=O)c1ccc([N+](=O)[O-])c(O)c1. The van der Waals surface area contributed by atoms with Gasteiger partial charge in [0, 0.05) is 18.7 Å². The molecule has 1 aliphatic rings. The number of carbonyl (C=O) groups is 1. The van der Waals surface area contributed by atoms with Gasteiger partial charge in [0.2, 0.25) is 0 Å². The van der Waals surface area contributed by atoms with E-state index in [1.165, 1.54) is 6.07 Å². The molecule has 0 bridgehead atoms. The number of nitro groups is 1. The van der Waals surface area contributed by atoms with Gasteiger partial charge in [-0.3, -0.25) is 14.9 Å². The maximum Gasteiger partial charge on any atom is 0.310 e. The van der Waals surface area contributed by atoms with Crippen LogP contribution >= 0.6 is 0 Å². The summed E-state index contributed by atoms with van der Waals surface area (Å²) in [6.07, 6.45) is 3.81. The van der Waals surface area contributed by atoms with Crippen LogP contribution in [0.1, 0.15) is 36.0 Å². The van der Waals surface area contributed by atoms with Crippen LogP contribution < -0.4 is 5.32 Å². The highest BCUT2D eigenvalue weighted by molar-refractivity contribution is 5.95. The van der Waals surface area contributed by atoms with Gasteiger partial charge in [-0.25, -0.2) is 0 Å². The van der Waals surface area contributed by atoms with Crippen molar-refractivity contribution in [2.24, 2.45) is 0 Å². The zero-order chi connectivity index (χ0) is 15.4. The fourth-order valence-corrected chi connectivity index (χ4v) is 2.61. The van der Waals surface area contributed by atoms with Crippen molar-refractivity contribution in [2.75, 3.05) is 7.11 Å². The van der Waals surface area contributed by atoms with Crippen molar-refractivity contribution in [3.8, 4) is 5.75 Å². The van der Waals surface area contributed by atoms with Gasteiger partial charge in [0.15, 0.2) is 5.75 Å². The fraction of sp³-hybridized carbons (Fsp3) is 0.500. The molecule has 114 valence electrons. The smallest absolute Gasteiger partial charge is 0.310 e. The quantitative estimate of drug-likeness (QED) is 0.653. The second-order valence-electron chi connectivity index (χ2n) is 5.10. The molecule has 0 radical (unpaired) electrons. The minimum absolute atomic E-state index is 0.0191. The number of aromatic hydroxyl groups is 1. The van der Waals surface area contributed by atoms with Gasteiger partial charge in [-0.15, -0.1) is 0 Å². The molecule has 2 atom stereocenters. The van der Waals surface area contributed by atoms with Crippen LogP contribution in [-0.4, -0.2) is 35.2 Å². The topological polar surface area (TPSA) is 102 Å². The van der Waals surface area contributed by atoms with E-state index in [9.17, 15) is 20.0 Å². The van der Waals surface area contributed by atoms with E-state index >= 15 is 0 Å². The zero-order valence-corrected chi connectivity index (χ0v) is 11.7. The molecule has 2 rings (SSSR count). The predicted molar refractivity (Wildman–Crippen MR) is 75.3 cm³/mol. The predicted octanol–water partition coefficient (Wildman–Crippen LogP) is 1.99. The van der Waals surface area contributed by atoms with Gasteiger partial charge in [0.1, 0.15) is 0 Å². The van der Waals surface area contributed by atoms with Crippen molar-refractivity contribution in [3.63, 3.8) is 0 Å². The van der Waals surface area contributed by atoms with Crippen LogP contribution in [0, 0.1) is 10.1 Å². The van der Waals surface area contributed by atoms with Crippen molar-refractivity contribution in [1.29, 1.82) is 0 Å². The van der Waals surface area contributed by atoms with Gasteiger partial charge in [-0.05, 0) is 25.0 Å². The van der Waals surface area contributed by atoms with E-state index in [4.69, 9.17) is 4.74 Å². The van der Waals surface area contributed by atoms with Crippen LogP contribution in [0.25, 0.3) is 0 Å². The molecule has 7 nitrogen and oxygen atoms in total. The lowest BCUT2D eigenvalue weighted by Gasteiger charge is -2.31. The monoisotopic (exact) mass is 294 g/mol. The number of methoxy groups -OCH3 is 1. The second kappa shape index (κ2) is 6.53. The lowest BCUT2D eigenvalue weighted by molar-refractivity contribution is -0.385. The summed E-state index contributed by atoms with van der Waals surface area (Å²) in [5, 5.41) is 23.1. The van der Waals surface area contributed by atoms with Crippen LogP contribution in [0.15, 0.2) is 18.2 Å². The number of nitrogens with one attached hydrogen (secondary N) is 1. The first-order valence-corrected chi connectivity index (χ1v) is 6.84. The largest absolute Gasteiger partial charge is 0.502 e. The van der Waals surface area contributed by atoms with Gasteiger partial charge in [-0.2, -0.15) is 0 Å². The minimum Gasteiger partial charge on any atom is -0.502 e. The molecule has 0 spiro atoms. The van der Waals surface area contributed by atoms with Crippen molar-refractivity contribution >= 4 is 11.6 Å². The summed E-state index contributed by atoms with van der Waals surface area (Å²) < 4.78 is 5.36. The summed E-state index contributed by atoms with van der Waals surface area (Å²) in [7, 11) is 1.62. The minimum atomic E-state index is -0.695. The second-order valence-corrected chi connectivity index (χ2v) is 5.10. The number of ether oxygens (including phenoxy) is 1. The van der Waals surface area contributed by atoms with E-state index in [1.807, 2.05) is 0 Å². The van der Waals surface area contributed by atoms with E-state index in [2.05, 4.69) is 5.32 Å². The number of hydrogen-bond donors (Lipinski definition) is 2. The average molecular weight is 294 g/mol. The van der Waals surface area contributed by atoms with Gasteiger partial charge in [-0.1, -0.05) is 12.8 Å². The molecule has 1 aliphatic carbocycles. The molecular formula is C14H18N2O5. The Morgan fingerprint density at radius 1 is 1.43 bits per heavy atom. The van der Waals surface area contributed by atoms with Crippen molar-refractivity contribution in [1.82, 2.24) is 5.32 Å². The number of phenolic OH excluding ortho intramolecular Hbond substituents is 1. The summed E-state index contributed by atoms with van der Waals surface area (Å²) in [5.41, 5.74) is -0.225. The van der Waals surface area contributed by atoms with Crippen molar-refractivity contribution < 1.29 is 19.6 Å². The van der Waals surface area contributed by atoms with Crippen LogP contribution in [0.3, 0.4) is 0 Å². The van der Waals surface area contributed by atoms with Crippen molar-refractivity contribution in [2.45, 2.75) is 37.8 Å². The van der Waals surface area contributed by atoms with E-state index in [0.717, 1.165) is 37.8 Å². The van der Waals surface area contributed by atoms with Crippen LogP contribution in [0.4, 0.5) is 5.69 Å². The molecule has 1 amide bonds. The molecule has 0 aliphatic heterocycles.